The Morgan fingerprint density at radius 3 is 2.33 bits per heavy atom. The molecule has 1 heterocycles. The van der Waals surface area contributed by atoms with E-state index in [4.69, 9.17) is 19.2 Å². The zero-order valence-corrected chi connectivity index (χ0v) is 10.0. The maximum absolute atomic E-state index is 8.77. The average molecular weight is 236 g/mol. The van der Waals surface area contributed by atoms with E-state index in [1.807, 2.05) is 0 Å². The molecule has 0 aliphatic rings. The fraction of sp³-hybridized carbons (Fsp3) is 0.625. The molecule has 15 heavy (non-hydrogen) atoms. The summed E-state index contributed by atoms with van der Waals surface area (Å²) in [5, 5.41) is 0. The van der Waals surface area contributed by atoms with Crippen LogP contribution in [0, 0.1) is 6.92 Å². The third-order valence-corrected chi connectivity index (χ3v) is 1.86. The van der Waals surface area contributed by atoms with Gasteiger partial charge in [0.1, 0.15) is 12.4 Å². The highest BCUT2D eigenvalue weighted by atomic mass is 31.2. The molecule has 0 radical (unpaired) electrons. The summed E-state index contributed by atoms with van der Waals surface area (Å²) in [5.74, 6) is 1.32. The van der Waals surface area contributed by atoms with Gasteiger partial charge in [0.2, 0.25) is 0 Å². The Balaban J connectivity index is 0.000000336. The van der Waals surface area contributed by atoms with Crippen LogP contribution in [-0.2, 0) is 18.2 Å². The van der Waals surface area contributed by atoms with Crippen molar-refractivity contribution in [2.24, 2.45) is 7.05 Å². The minimum absolute atomic E-state index is 1.13. The van der Waals surface area contributed by atoms with Crippen LogP contribution in [0.25, 0.3) is 0 Å². The Morgan fingerprint density at radius 1 is 1.60 bits per heavy atom. The Kier molecular flexibility index (Phi) is 5.75. The zero-order chi connectivity index (χ0) is 12.1. The van der Waals surface area contributed by atoms with Crippen molar-refractivity contribution >= 4 is 7.82 Å². The molecule has 0 unspecified atom stereocenters. The van der Waals surface area contributed by atoms with Gasteiger partial charge < -0.3 is 14.7 Å². The monoisotopic (exact) mass is 236 g/mol. The molecule has 0 aliphatic carbocycles. The van der Waals surface area contributed by atoms with E-state index in [9.17, 15) is 0 Å². The van der Waals surface area contributed by atoms with Crippen LogP contribution in [0.15, 0.2) is 12.4 Å². The number of nitrogens with zero attached hydrogens (tertiary/aromatic N) is 2. The molecule has 2 N–H and O–H groups in total. The SMILES string of the molecule is CCCn1cc[n+](C)c1C.O=P([O-])(O)O. The summed E-state index contributed by atoms with van der Waals surface area (Å²) < 4.78 is 13.2. The highest BCUT2D eigenvalue weighted by molar-refractivity contribution is 7.43. The number of rotatable bonds is 2. The van der Waals surface area contributed by atoms with Gasteiger partial charge >= 0.3 is 0 Å². The van der Waals surface area contributed by atoms with Crippen LogP contribution in [0.4, 0.5) is 0 Å². The normalized spacial score (nSPS) is 10.8. The topological polar surface area (TPSA) is 89.4 Å². The molecule has 7 heteroatoms. The van der Waals surface area contributed by atoms with E-state index in [0.717, 1.165) is 6.54 Å². The second kappa shape index (κ2) is 6.02. The fourth-order valence-corrected chi connectivity index (χ4v) is 1.08. The molecule has 1 aromatic rings. The van der Waals surface area contributed by atoms with Gasteiger partial charge in [0.05, 0.1) is 13.6 Å². The number of hydrogen-bond donors (Lipinski definition) is 2. The average Bonchev–Trinajstić information content (AvgIpc) is 2.34. The second-order valence-corrected chi connectivity index (χ2v) is 4.12. The van der Waals surface area contributed by atoms with Gasteiger partial charge in [-0.1, -0.05) is 6.92 Å². The first-order valence-electron chi connectivity index (χ1n) is 4.53. The molecule has 0 spiro atoms. The van der Waals surface area contributed by atoms with Crippen molar-refractivity contribution in [3.05, 3.63) is 18.2 Å². The van der Waals surface area contributed by atoms with Gasteiger partial charge in [-0.15, -0.1) is 0 Å². The van der Waals surface area contributed by atoms with Gasteiger partial charge in [-0.05, 0) is 6.42 Å². The predicted octanol–water partition coefficient (Wildman–Crippen LogP) is -0.530. The standard InChI is InChI=1S/C8H15N2.H3O4P/c1-4-5-10-7-6-9(3)8(10)2;1-5(2,3)4/h6-7H,4-5H2,1-3H3;(H3,1,2,3,4)/q+1;/p-1. The lowest BCUT2D eigenvalue weighted by Gasteiger charge is -2.01. The highest BCUT2D eigenvalue weighted by Crippen LogP contribution is 2.18. The van der Waals surface area contributed by atoms with Crippen LogP contribution in [0.3, 0.4) is 0 Å². The Morgan fingerprint density at radius 2 is 2.07 bits per heavy atom. The first-order chi connectivity index (χ1) is 6.75. The Bertz CT molecular complexity index is 336. The van der Waals surface area contributed by atoms with Crippen molar-refractivity contribution in [2.75, 3.05) is 0 Å². The van der Waals surface area contributed by atoms with Crippen LogP contribution in [0.1, 0.15) is 19.2 Å². The van der Waals surface area contributed by atoms with Crippen LogP contribution < -0.4 is 9.46 Å². The highest BCUT2D eigenvalue weighted by Gasteiger charge is 2.05. The molecule has 0 saturated heterocycles. The van der Waals surface area contributed by atoms with Crippen LogP contribution in [-0.4, -0.2) is 14.4 Å². The van der Waals surface area contributed by atoms with E-state index in [1.165, 1.54) is 12.2 Å². The molecule has 0 amide bonds. The number of aryl methyl sites for hydroxylation is 2. The largest absolute Gasteiger partial charge is 0.756 e. The summed E-state index contributed by atoms with van der Waals surface area (Å²) in [7, 11) is -2.82. The number of imidazole rings is 1. The van der Waals surface area contributed by atoms with Gasteiger partial charge in [0, 0.05) is 6.92 Å². The lowest BCUT2D eigenvalue weighted by Crippen LogP contribution is -2.29. The summed E-state index contributed by atoms with van der Waals surface area (Å²) in [6.45, 7) is 5.46. The molecule has 0 saturated carbocycles. The molecule has 6 nitrogen and oxygen atoms in total. The zero-order valence-electron chi connectivity index (χ0n) is 9.12. The number of phosphoric acid groups is 1. The predicted molar refractivity (Wildman–Crippen MR) is 52.7 cm³/mol. The minimum atomic E-state index is -4.89. The van der Waals surface area contributed by atoms with Gasteiger partial charge in [0.15, 0.2) is 0 Å². The van der Waals surface area contributed by atoms with Crippen molar-refractivity contribution in [1.82, 2.24) is 4.57 Å². The van der Waals surface area contributed by atoms with Crippen LogP contribution >= 0.6 is 7.82 Å². The van der Waals surface area contributed by atoms with Gasteiger partial charge in [0.25, 0.3) is 13.6 Å². The lowest BCUT2D eigenvalue weighted by atomic mass is 10.5. The van der Waals surface area contributed by atoms with E-state index in [-0.39, 0.29) is 0 Å². The van der Waals surface area contributed by atoms with Crippen molar-refractivity contribution in [1.29, 1.82) is 0 Å². The van der Waals surface area contributed by atoms with Crippen molar-refractivity contribution in [3.8, 4) is 0 Å². The first-order valence-corrected chi connectivity index (χ1v) is 6.06. The molecule has 1 rings (SSSR count). The molecule has 0 aliphatic heterocycles. The third-order valence-electron chi connectivity index (χ3n) is 1.86. The van der Waals surface area contributed by atoms with E-state index in [0.29, 0.717) is 0 Å². The Labute approximate surface area is 89.0 Å². The summed E-state index contributed by atoms with van der Waals surface area (Å²) in [6.07, 6.45) is 5.42. The van der Waals surface area contributed by atoms with Gasteiger partial charge in [-0.3, -0.25) is 4.57 Å². The maximum atomic E-state index is 8.77. The molecular formula is C8H17N2O4P. The molecule has 0 fully saturated rings. The molecular weight excluding hydrogens is 219 g/mol. The molecule has 0 atom stereocenters. The summed E-state index contributed by atoms with van der Waals surface area (Å²) >= 11 is 0. The van der Waals surface area contributed by atoms with Crippen molar-refractivity contribution < 1.29 is 23.8 Å². The summed E-state index contributed by atoms with van der Waals surface area (Å²) in [5.41, 5.74) is 0. The number of aromatic nitrogens is 2. The first kappa shape index (κ1) is 14.3. The smallest absolute Gasteiger partial charge is 0.262 e. The summed E-state index contributed by atoms with van der Waals surface area (Å²) in [4.78, 5) is 22.9. The third kappa shape index (κ3) is 7.27. The van der Waals surface area contributed by atoms with Crippen molar-refractivity contribution in [2.45, 2.75) is 26.8 Å². The van der Waals surface area contributed by atoms with E-state index < -0.39 is 7.82 Å². The molecule has 88 valence electrons. The quantitative estimate of drug-likeness (QED) is 0.533. The molecule has 0 bridgehead atoms. The van der Waals surface area contributed by atoms with Gasteiger partial charge in [-0.25, -0.2) is 9.13 Å². The van der Waals surface area contributed by atoms with Crippen LogP contribution in [0.5, 0.6) is 0 Å². The fourth-order valence-electron chi connectivity index (χ4n) is 1.08. The molecule has 1 aromatic heterocycles. The van der Waals surface area contributed by atoms with Crippen molar-refractivity contribution in [3.63, 3.8) is 0 Å². The van der Waals surface area contributed by atoms with E-state index in [1.54, 1.807) is 0 Å². The molecule has 0 aromatic carbocycles. The van der Waals surface area contributed by atoms with E-state index in [2.05, 4.69) is 42.4 Å². The number of hydrogen-bond acceptors (Lipinski definition) is 2. The minimum Gasteiger partial charge on any atom is -0.756 e. The van der Waals surface area contributed by atoms with Crippen LogP contribution in [0.2, 0.25) is 0 Å². The second-order valence-electron chi connectivity index (χ2n) is 3.14. The summed E-state index contributed by atoms with van der Waals surface area (Å²) in [6, 6.07) is 0. The van der Waals surface area contributed by atoms with Gasteiger partial charge in [-0.2, -0.15) is 0 Å². The maximum Gasteiger partial charge on any atom is 0.262 e. The Hall–Kier alpha value is -0.680. The lowest BCUT2D eigenvalue weighted by molar-refractivity contribution is -0.677. The van der Waals surface area contributed by atoms with E-state index >= 15 is 0 Å².